The van der Waals surface area contributed by atoms with Crippen molar-refractivity contribution in [2.24, 2.45) is 0 Å². The fraction of sp³-hybridized carbons (Fsp3) is 0.316. The van der Waals surface area contributed by atoms with Gasteiger partial charge in [-0.25, -0.2) is 0 Å². The summed E-state index contributed by atoms with van der Waals surface area (Å²) in [4.78, 5) is 12.7. The second-order valence-corrected chi connectivity index (χ2v) is 5.73. The zero-order valence-electron chi connectivity index (χ0n) is 13.6. The van der Waals surface area contributed by atoms with E-state index in [1.807, 2.05) is 50.2 Å². The largest absolute Gasteiger partial charge is 0.494 e. The van der Waals surface area contributed by atoms with Crippen LogP contribution in [-0.2, 0) is 6.42 Å². The van der Waals surface area contributed by atoms with Gasteiger partial charge in [-0.3, -0.25) is 4.79 Å². The molecule has 0 aliphatic carbocycles. The molecule has 2 N–H and O–H groups in total. The van der Waals surface area contributed by atoms with Crippen molar-refractivity contribution >= 4 is 17.3 Å². The molecule has 1 heterocycles. The van der Waals surface area contributed by atoms with Crippen molar-refractivity contribution in [2.75, 3.05) is 23.8 Å². The third kappa shape index (κ3) is 3.31. The lowest BCUT2D eigenvalue weighted by Crippen LogP contribution is -2.19. The van der Waals surface area contributed by atoms with E-state index >= 15 is 0 Å². The summed E-state index contributed by atoms with van der Waals surface area (Å²) in [6.07, 6.45) is 1.99. The van der Waals surface area contributed by atoms with Crippen LogP contribution in [0.1, 0.15) is 34.8 Å². The minimum Gasteiger partial charge on any atom is -0.494 e. The highest BCUT2D eigenvalue weighted by Crippen LogP contribution is 2.27. The predicted octanol–water partition coefficient (Wildman–Crippen LogP) is 4.00. The molecule has 0 bridgehead atoms. The quantitative estimate of drug-likeness (QED) is 0.897. The van der Waals surface area contributed by atoms with Crippen LogP contribution in [0.4, 0.5) is 11.4 Å². The number of hydrogen-bond donors (Lipinski definition) is 2. The molecule has 0 aromatic heterocycles. The highest BCUT2D eigenvalue weighted by Gasteiger charge is 2.17. The second kappa shape index (κ2) is 6.73. The normalized spacial score (nSPS) is 13.0. The molecule has 2 aromatic carbocycles. The smallest absolute Gasteiger partial charge is 0.256 e. The number of nitrogens with one attached hydrogen (secondary N) is 2. The molecule has 1 aliphatic rings. The van der Waals surface area contributed by atoms with Crippen LogP contribution in [0.3, 0.4) is 0 Å². The number of rotatable bonds is 4. The molecule has 2 aromatic rings. The van der Waals surface area contributed by atoms with E-state index in [1.54, 1.807) is 0 Å². The van der Waals surface area contributed by atoms with Crippen LogP contribution in [0.15, 0.2) is 36.4 Å². The Morgan fingerprint density at radius 1 is 1.30 bits per heavy atom. The summed E-state index contributed by atoms with van der Waals surface area (Å²) >= 11 is 0. The van der Waals surface area contributed by atoms with E-state index in [0.717, 1.165) is 53.2 Å². The molecular weight excluding hydrogens is 288 g/mol. The molecule has 0 radical (unpaired) electrons. The van der Waals surface area contributed by atoms with Gasteiger partial charge in [-0.15, -0.1) is 0 Å². The van der Waals surface area contributed by atoms with Gasteiger partial charge in [0.25, 0.3) is 5.91 Å². The molecule has 0 atom stereocenters. The first kappa shape index (κ1) is 15.4. The molecule has 1 aliphatic heterocycles. The molecule has 1 amide bonds. The molecule has 0 saturated heterocycles. The Balaban J connectivity index is 1.82. The van der Waals surface area contributed by atoms with Crippen molar-refractivity contribution < 1.29 is 9.53 Å². The summed E-state index contributed by atoms with van der Waals surface area (Å²) in [7, 11) is 0. The van der Waals surface area contributed by atoms with E-state index in [0.29, 0.717) is 6.61 Å². The van der Waals surface area contributed by atoms with E-state index in [2.05, 4.69) is 10.6 Å². The first-order valence-corrected chi connectivity index (χ1v) is 8.09. The summed E-state index contributed by atoms with van der Waals surface area (Å²) in [6, 6.07) is 11.6. The van der Waals surface area contributed by atoms with E-state index < -0.39 is 0 Å². The molecule has 120 valence electrons. The van der Waals surface area contributed by atoms with E-state index in [4.69, 9.17) is 4.74 Å². The predicted molar refractivity (Wildman–Crippen MR) is 93.6 cm³/mol. The summed E-state index contributed by atoms with van der Waals surface area (Å²) in [5, 5.41) is 6.38. The average molecular weight is 310 g/mol. The Hall–Kier alpha value is -2.49. The third-order valence-electron chi connectivity index (χ3n) is 4.10. The maximum absolute atomic E-state index is 12.7. The van der Waals surface area contributed by atoms with Gasteiger partial charge in [-0.05, 0) is 68.1 Å². The Bertz CT molecular complexity index is 725. The highest BCUT2D eigenvalue weighted by molar-refractivity contribution is 6.06. The van der Waals surface area contributed by atoms with E-state index in [1.165, 1.54) is 0 Å². The summed E-state index contributed by atoms with van der Waals surface area (Å²) in [5.74, 6) is 0.766. The van der Waals surface area contributed by atoms with Gasteiger partial charge in [0, 0.05) is 23.5 Å². The minimum atomic E-state index is -0.0576. The standard InChI is InChI=1S/C19H22N2O2/c1-3-23-14-9-10-17(13(2)12-14)21-19(22)16-6-4-8-18-15(16)7-5-11-20-18/h4,6,8-10,12,20H,3,5,7,11H2,1-2H3,(H,21,22). The molecule has 0 spiro atoms. The Morgan fingerprint density at radius 3 is 2.96 bits per heavy atom. The number of hydrogen-bond acceptors (Lipinski definition) is 3. The van der Waals surface area contributed by atoms with Gasteiger partial charge in [-0.1, -0.05) is 6.07 Å². The lowest BCUT2D eigenvalue weighted by atomic mass is 9.97. The van der Waals surface area contributed by atoms with Crippen LogP contribution in [0.25, 0.3) is 0 Å². The van der Waals surface area contributed by atoms with Gasteiger partial charge in [0.05, 0.1) is 6.61 Å². The summed E-state index contributed by atoms with van der Waals surface area (Å²) < 4.78 is 5.48. The summed E-state index contributed by atoms with van der Waals surface area (Å²) in [6.45, 7) is 5.53. The molecule has 23 heavy (non-hydrogen) atoms. The maximum Gasteiger partial charge on any atom is 0.256 e. The van der Waals surface area contributed by atoms with Crippen molar-refractivity contribution in [2.45, 2.75) is 26.7 Å². The number of carbonyl (C=O) groups is 1. The number of ether oxygens (including phenoxy) is 1. The van der Waals surface area contributed by atoms with Crippen molar-refractivity contribution in [1.82, 2.24) is 0 Å². The number of anilines is 2. The number of amides is 1. The van der Waals surface area contributed by atoms with Crippen LogP contribution in [0.5, 0.6) is 5.75 Å². The fourth-order valence-electron chi connectivity index (χ4n) is 2.95. The first-order valence-electron chi connectivity index (χ1n) is 8.09. The third-order valence-corrected chi connectivity index (χ3v) is 4.10. The van der Waals surface area contributed by atoms with Gasteiger partial charge in [0.15, 0.2) is 0 Å². The van der Waals surface area contributed by atoms with Crippen LogP contribution >= 0.6 is 0 Å². The second-order valence-electron chi connectivity index (χ2n) is 5.73. The maximum atomic E-state index is 12.7. The molecule has 0 unspecified atom stereocenters. The Morgan fingerprint density at radius 2 is 2.17 bits per heavy atom. The van der Waals surface area contributed by atoms with Crippen LogP contribution in [0.2, 0.25) is 0 Å². The van der Waals surface area contributed by atoms with Crippen LogP contribution in [-0.4, -0.2) is 19.1 Å². The first-order chi connectivity index (χ1) is 11.2. The van der Waals surface area contributed by atoms with Crippen molar-refractivity contribution in [3.8, 4) is 5.75 Å². The average Bonchev–Trinajstić information content (AvgIpc) is 2.57. The zero-order valence-corrected chi connectivity index (χ0v) is 13.6. The number of fused-ring (bicyclic) bond motifs is 1. The Kier molecular flexibility index (Phi) is 4.51. The van der Waals surface area contributed by atoms with E-state index in [9.17, 15) is 4.79 Å². The van der Waals surface area contributed by atoms with Crippen LogP contribution < -0.4 is 15.4 Å². The number of carbonyl (C=O) groups excluding carboxylic acids is 1. The van der Waals surface area contributed by atoms with Crippen molar-refractivity contribution in [3.05, 3.63) is 53.1 Å². The molecule has 0 fully saturated rings. The Labute approximate surface area is 136 Å². The molecule has 3 rings (SSSR count). The number of benzene rings is 2. The van der Waals surface area contributed by atoms with E-state index in [-0.39, 0.29) is 5.91 Å². The monoisotopic (exact) mass is 310 g/mol. The van der Waals surface area contributed by atoms with Gasteiger partial charge >= 0.3 is 0 Å². The SMILES string of the molecule is CCOc1ccc(NC(=O)c2cccc3c2CCCN3)c(C)c1. The van der Waals surface area contributed by atoms with Gasteiger partial charge in [0.1, 0.15) is 5.75 Å². The topological polar surface area (TPSA) is 50.4 Å². The molecular formula is C19H22N2O2. The van der Waals surface area contributed by atoms with Gasteiger partial charge in [-0.2, -0.15) is 0 Å². The number of aryl methyl sites for hydroxylation is 1. The van der Waals surface area contributed by atoms with Crippen molar-refractivity contribution in [3.63, 3.8) is 0 Å². The molecule has 0 saturated carbocycles. The zero-order chi connectivity index (χ0) is 16.2. The van der Waals surface area contributed by atoms with Gasteiger partial charge < -0.3 is 15.4 Å². The fourth-order valence-corrected chi connectivity index (χ4v) is 2.95. The van der Waals surface area contributed by atoms with Crippen molar-refractivity contribution in [1.29, 1.82) is 0 Å². The molecule has 4 heteroatoms. The lowest BCUT2D eigenvalue weighted by Gasteiger charge is -2.20. The van der Waals surface area contributed by atoms with Gasteiger partial charge in [0.2, 0.25) is 0 Å². The lowest BCUT2D eigenvalue weighted by molar-refractivity contribution is 0.102. The highest BCUT2D eigenvalue weighted by atomic mass is 16.5. The summed E-state index contributed by atoms with van der Waals surface area (Å²) in [5.41, 5.74) is 4.75. The molecule has 4 nitrogen and oxygen atoms in total. The van der Waals surface area contributed by atoms with Crippen LogP contribution in [0, 0.1) is 6.92 Å². The minimum absolute atomic E-state index is 0.0576.